The summed E-state index contributed by atoms with van der Waals surface area (Å²) in [5, 5.41) is 3.41. The Bertz CT molecular complexity index is 320. The van der Waals surface area contributed by atoms with Crippen LogP contribution < -0.4 is 5.32 Å². The highest BCUT2D eigenvalue weighted by atomic mass is 15.0. The molecule has 1 rings (SSSR count). The summed E-state index contributed by atoms with van der Waals surface area (Å²) in [5.74, 6) is 1.53. The maximum Gasteiger partial charge on any atom is 0.126 e. The van der Waals surface area contributed by atoms with Crippen molar-refractivity contribution < 1.29 is 0 Å². The van der Waals surface area contributed by atoms with E-state index in [-0.39, 0.29) is 0 Å². The highest BCUT2D eigenvalue weighted by Gasteiger charge is 2.10. The number of allylic oxidation sites excluding steroid dienone is 1. The fraction of sp³-hybridized carbons (Fsp3) is 0.462. The highest BCUT2D eigenvalue weighted by Crippen LogP contribution is 2.13. The van der Waals surface area contributed by atoms with Gasteiger partial charge in [-0.05, 0) is 38.3 Å². The van der Waals surface area contributed by atoms with Crippen LogP contribution in [0, 0.1) is 12.8 Å². The lowest BCUT2D eigenvalue weighted by Crippen LogP contribution is -2.23. The number of aromatic nitrogens is 1. The summed E-state index contributed by atoms with van der Waals surface area (Å²) in [7, 11) is 0. The molecular formula is C13H20N2. The van der Waals surface area contributed by atoms with Crippen molar-refractivity contribution in [2.24, 2.45) is 5.92 Å². The predicted molar refractivity (Wildman–Crippen MR) is 66.0 cm³/mol. The van der Waals surface area contributed by atoms with E-state index in [2.05, 4.69) is 30.7 Å². The van der Waals surface area contributed by atoms with Gasteiger partial charge in [0.05, 0.1) is 0 Å². The van der Waals surface area contributed by atoms with Crippen molar-refractivity contribution in [3.63, 3.8) is 0 Å². The van der Waals surface area contributed by atoms with Gasteiger partial charge in [-0.25, -0.2) is 4.98 Å². The number of rotatable bonds is 5. The molecule has 0 fully saturated rings. The second kappa shape index (κ2) is 5.54. The fourth-order valence-electron chi connectivity index (χ4n) is 1.47. The maximum atomic E-state index is 4.42. The quantitative estimate of drug-likeness (QED) is 0.743. The first-order valence-corrected chi connectivity index (χ1v) is 5.44. The van der Waals surface area contributed by atoms with E-state index in [1.54, 1.807) is 0 Å². The minimum atomic E-state index is 0.414. The van der Waals surface area contributed by atoms with Crippen LogP contribution in [-0.2, 0) is 0 Å². The zero-order chi connectivity index (χ0) is 11.3. The van der Waals surface area contributed by atoms with Gasteiger partial charge in [-0.15, -0.1) is 6.58 Å². The van der Waals surface area contributed by atoms with Gasteiger partial charge in [0.2, 0.25) is 0 Å². The zero-order valence-electron chi connectivity index (χ0n) is 9.83. The lowest BCUT2D eigenvalue weighted by Gasteiger charge is -2.20. The molecule has 2 nitrogen and oxygen atoms in total. The van der Waals surface area contributed by atoms with Crippen LogP contribution in [0.2, 0.25) is 0 Å². The van der Waals surface area contributed by atoms with Crippen LogP contribution >= 0.6 is 0 Å². The Morgan fingerprint density at radius 2 is 2.20 bits per heavy atom. The molecule has 82 valence electrons. The number of hydrogen-bond acceptors (Lipinski definition) is 2. The van der Waals surface area contributed by atoms with E-state index in [0.717, 1.165) is 17.9 Å². The van der Waals surface area contributed by atoms with Gasteiger partial charge in [0, 0.05) is 11.7 Å². The van der Waals surface area contributed by atoms with Crippen LogP contribution in [-0.4, -0.2) is 11.0 Å². The van der Waals surface area contributed by atoms with Gasteiger partial charge >= 0.3 is 0 Å². The van der Waals surface area contributed by atoms with Crippen LogP contribution in [0.25, 0.3) is 0 Å². The van der Waals surface area contributed by atoms with E-state index < -0.39 is 0 Å². The zero-order valence-corrected chi connectivity index (χ0v) is 9.83. The van der Waals surface area contributed by atoms with Crippen LogP contribution in [0.3, 0.4) is 0 Å². The van der Waals surface area contributed by atoms with E-state index in [9.17, 15) is 0 Å². The number of pyridine rings is 1. The molecule has 1 heterocycles. The first kappa shape index (κ1) is 11.8. The summed E-state index contributed by atoms with van der Waals surface area (Å²) >= 11 is 0. The van der Waals surface area contributed by atoms with Crippen molar-refractivity contribution in [3.8, 4) is 0 Å². The standard InChI is InChI=1S/C13H20N2/c1-5-7-10(2)12(4)15-13-9-6-8-11(3)14-13/h5-6,8-10,12H,1,7H2,2-4H3,(H,14,15). The summed E-state index contributed by atoms with van der Waals surface area (Å²) in [6, 6.07) is 6.44. The summed E-state index contributed by atoms with van der Waals surface area (Å²) in [5.41, 5.74) is 1.04. The van der Waals surface area contributed by atoms with Crippen molar-refractivity contribution in [2.45, 2.75) is 33.2 Å². The summed E-state index contributed by atoms with van der Waals surface area (Å²) in [6.07, 6.45) is 2.99. The molecule has 1 aromatic rings. The molecule has 1 aromatic heterocycles. The van der Waals surface area contributed by atoms with Gasteiger partial charge in [0.25, 0.3) is 0 Å². The molecule has 0 bridgehead atoms. The Kier molecular flexibility index (Phi) is 4.35. The average molecular weight is 204 g/mol. The van der Waals surface area contributed by atoms with Gasteiger partial charge in [-0.3, -0.25) is 0 Å². The van der Waals surface area contributed by atoms with Gasteiger partial charge in [-0.2, -0.15) is 0 Å². The molecule has 0 radical (unpaired) electrons. The molecule has 0 spiro atoms. The number of nitrogens with one attached hydrogen (secondary N) is 1. The van der Waals surface area contributed by atoms with E-state index in [4.69, 9.17) is 0 Å². The second-order valence-electron chi connectivity index (χ2n) is 4.10. The van der Waals surface area contributed by atoms with E-state index in [1.165, 1.54) is 0 Å². The Hall–Kier alpha value is -1.31. The molecule has 0 aromatic carbocycles. The molecule has 2 heteroatoms. The third-order valence-corrected chi connectivity index (χ3v) is 2.66. The first-order chi connectivity index (χ1) is 7.13. The minimum Gasteiger partial charge on any atom is -0.367 e. The topological polar surface area (TPSA) is 24.9 Å². The monoisotopic (exact) mass is 204 g/mol. The van der Waals surface area contributed by atoms with Gasteiger partial charge in [0.1, 0.15) is 5.82 Å². The molecule has 0 saturated carbocycles. The number of aryl methyl sites for hydroxylation is 1. The lowest BCUT2D eigenvalue weighted by atomic mass is 10.00. The van der Waals surface area contributed by atoms with E-state index in [1.807, 2.05) is 31.2 Å². The normalized spacial score (nSPS) is 14.3. The first-order valence-electron chi connectivity index (χ1n) is 5.44. The highest BCUT2D eigenvalue weighted by molar-refractivity contribution is 5.36. The predicted octanol–water partition coefficient (Wildman–Crippen LogP) is 3.40. The minimum absolute atomic E-state index is 0.414. The molecule has 1 N–H and O–H groups in total. The summed E-state index contributed by atoms with van der Waals surface area (Å²) in [6.45, 7) is 10.2. The third kappa shape index (κ3) is 3.74. The molecule has 2 atom stereocenters. The van der Waals surface area contributed by atoms with E-state index in [0.29, 0.717) is 12.0 Å². The summed E-state index contributed by atoms with van der Waals surface area (Å²) in [4.78, 5) is 4.42. The second-order valence-corrected chi connectivity index (χ2v) is 4.10. The lowest BCUT2D eigenvalue weighted by molar-refractivity contribution is 0.516. The van der Waals surface area contributed by atoms with Gasteiger partial charge < -0.3 is 5.32 Å². The largest absolute Gasteiger partial charge is 0.367 e. The molecule has 2 unspecified atom stereocenters. The van der Waals surface area contributed by atoms with Crippen molar-refractivity contribution in [3.05, 3.63) is 36.5 Å². The molecule has 0 saturated heterocycles. The van der Waals surface area contributed by atoms with Gasteiger partial charge in [0.15, 0.2) is 0 Å². The number of anilines is 1. The van der Waals surface area contributed by atoms with Crippen LogP contribution in [0.4, 0.5) is 5.82 Å². The molecule has 0 amide bonds. The van der Waals surface area contributed by atoms with Crippen LogP contribution in [0.5, 0.6) is 0 Å². The molecular weight excluding hydrogens is 184 g/mol. The molecule has 0 aliphatic rings. The van der Waals surface area contributed by atoms with E-state index >= 15 is 0 Å². The Morgan fingerprint density at radius 3 is 2.80 bits per heavy atom. The van der Waals surface area contributed by atoms with Crippen LogP contribution in [0.15, 0.2) is 30.9 Å². The maximum absolute atomic E-state index is 4.42. The third-order valence-electron chi connectivity index (χ3n) is 2.66. The smallest absolute Gasteiger partial charge is 0.126 e. The Labute approximate surface area is 92.4 Å². The van der Waals surface area contributed by atoms with Crippen LogP contribution in [0.1, 0.15) is 26.0 Å². The molecule has 0 aliphatic carbocycles. The van der Waals surface area contributed by atoms with Gasteiger partial charge in [-0.1, -0.05) is 19.1 Å². The Balaban J connectivity index is 2.57. The van der Waals surface area contributed by atoms with Crippen molar-refractivity contribution in [2.75, 3.05) is 5.32 Å². The average Bonchev–Trinajstić information content (AvgIpc) is 2.18. The number of hydrogen-bond donors (Lipinski definition) is 1. The van der Waals surface area contributed by atoms with Crippen molar-refractivity contribution in [1.29, 1.82) is 0 Å². The molecule has 15 heavy (non-hydrogen) atoms. The Morgan fingerprint density at radius 1 is 1.47 bits per heavy atom. The SMILES string of the molecule is C=CCC(C)C(C)Nc1cccc(C)n1. The summed E-state index contributed by atoms with van der Waals surface area (Å²) < 4.78 is 0. The molecule has 0 aliphatic heterocycles. The van der Waals surface area contributed by atoms with Crippen molar-refractivity contribution >= 4 is 5.82 Å². The number of nitrogens with zero attached hydrogens (tertiary/aromatic N) is 1. The fourth-order valence-corrected chi connectivity index (χ4v) is 1.47. The van der Waals surface area contributed by atoms with Crippen molar-refractivity contribution in [1.82, 2.24) is 4.98 Å².